The Bertz CT molecular complexity index is 702. The highest BCUT2D eigenvalue weighted by Gasteiger charge is 2.40. The van der Waals surface area contributed by atoms with Crippen LogP contribution in [0.3, 0.4) is 0 Å². The number of H-pyrrole nitrogens is 1. The molecule has 1 aromatic carbocycles. The number of imidazole rings is 1. The van der Waals surface area contributed by atoms with Gasteiger partial charge in [-0.15, -0.1) is 0 Å². The Kier molecular flexibility index (Phi) is 4.71. The van der Waals surface area contributed by atoms with Crippen LogP contribution in [-0.2, 0) is 11.3 Å². The molecular weight excluding hydrogens is 310 g/mol. The smallest absolute Gasteiger partial charge is 0.308 e. The van der Waals surface area contributed by atoms with Gasteiger partial charge in [-0.25, -0.2) is 4.98 Å². The lowest BCUT2D eigenvalue weighted by Crippen LogP contribution is -2.23. The molecule has 0 unspecified atom stereocenters. The molecule has 0 aliphatic carbocycles. The van der Waals surface area contributed by atoms with Crippen molar-refractivity contribution in [2.45, 2.75) is 12.5 Å². The minimum absolute atomic E-state index is 0.157. The maximum atomic E-state index is 11.8. The first-order valence-corrected chi connectivity index (χ1v) is 7.77. The van der Waals surface area contributed by atoms with Crippen LogP contribution in [0.4, 0.5) is 0 Å². The van der Waals surface area contributed by atoms with Crippen LogP contribution in [0.25, 0.3) is 0 Å². The van der Waals surface area contributed by atoms with Crippen molar-refractivity contribution in [3.05, 3.63) is 42.0 Å². The second kappa shape index (κ2) is 6.92. The molecule has 2 heterocycles. The number of aliphatic carboxylic acids is 1. The van der Waals surface area contributed by atoms with Gasteiger partial charge in [-0.2, -0.15) is 0 Å². The van der Waals surface area contributed by atoms with Crippen molar-refractivity contribution in [2.75, 3.05) is 27.3 Å². The molecule has 2 N–H and O–H groups in total. The van der Waals surface area contributed by atoms with E-state index < -0.39 is 11.9 Å². The van der Waals surface area contributed by atoms with Gasteiger partial charge in [0, 0.05) is 43.0 Å². The number of nitrogens with one attached hydrogen (secondary N) is 1. The predicted octanol–water partition coefficient (Wildman–Crippen LogP) is 1.73. The van der Waals surface area contributed by atoms with Crippen LogP contribution in [0.15, 0.2) is 30.7 Å². The number of likely N-dealkylation sites (tertiary alicyclic amines) is 1. The Balaban J connectivity index is 1.89. The van der Waals surface area contributed by atoms with E-state index in [1.165, 1.54) is 0 Å². The molecule has 2 aromatic rings. The van der Waals surface area contributed by atoms with Crippen molar-refractivity contribution in [1.29, 1.82) is 0 Å². The van der Waals surface area contributed by atoms with Crippen molar-refractivity contribution in [2.24, 2.45) is 5.92 Å². The number of carboxylic acid groups (broad SMARTS) is 1. The second-order valence-corrected chi connectivity index (χ2v) is 5.90. The number of nitrogens with zero attached hydrogens (tertiary/aromatic N) is 2. The lowest BCUT2D eigenvalue weighted by atomic mass is 9.88. The number of hydrogen-bond acceptors (Lipinski definition) is 5. The second-order valence-electron chi connectivity index (χ2n) is 5.90. The molecule has 3 rings (SSSR count). The highest BCUT2D eigenvalue weighted by atomic mass is 16.5. The third-order valence-electron chi connectivity index (χ3n) is 4.49. The van der Waals surface area contributed by atoms with Crippen LogP contribution in [0.1, 0.15) is 17.2 Å². The van der Waals surface area contributed by atoms with Crippen molar-refractivity contribution in [3.8, 4) is 11.5 Å². The van der Waals surface area contributed by atoms with Gasteiger partial charge < -0.3 is 19.6 Å². The summed E-state index contributed by atoms with van der Waals surface area (Å²) in [6.07, 6.45) is 3.39. The van der Waals surface area contributed by atoms with Gasteiger partial charge in [0.1, 0.15) is 0 Å². The standard InChI is InChI=1S/C17H21N3O4/c1-23-15-5-3-4-12(16(15)24-2)13-8-20(9-14(13)17(21)22)7-11-6-18-10-19-11/h3-6,10,13-14H,7-9H2,1-2H3,(H,18,19)(H,21,22)/t13-,14+/m0/s1. The van der Waals surface area contributed by atoms with Gasteiger partial charge in [0.15, 0.2) is 11.5 Å². The van der Waals surface area contributed by atoms with Gasteiger partial charge in [0.2, 0.25) is 0 Å². The summed E-state index contributed by atoms with van der Waals surface area (Å²) in [5.74, 6) is -0.216. The zero-order valence-corrected chi connectivity index (χ0v) is 13.7. The van der Waals surface area contributed by atoms with Crippen LogP contribution in [-0.4, -0.2) is 53.3 Å². The molecule has 24 heavy (non-hydrogen) atoms. The van der Waals surface area contributed by atoms with E-state index in [0.29, 0.717) is 31.1 Å². The van der Waals surface area contributed by atoms with Crippen molar-refractivity contribution < 1.29 is 19.4 Å². The lowest BCUT2D eigenvalue weighted by Gasteiger charge is -2.20. The average molecular weight is 331 g/mol. The molecule has 1 aliphatic heterocycles. The SMILES string of the molecule is COc1cccc([C@@H]2CN(Cc3cnc[nH]3)C[C@H]2C(=O)O)c1OC. The Morgan fingerprint density at radius 1 is 1.38 bits per heavy atom. The molecule has 128 valence electrons. The van der Waals surface area contributed by atoms with E-state index in [1.54, 1.807) is 26.7 Å². The number of methoxy groups -OCH3 is 2. The normalized spacial score (nSPS) is 20.9. The molecule has 0 saturated carbocycles. The van der Waals surface area contributed by atoms with Gasteiger partial charge in [0.25, 0.3) is 0 Å². The molecular formula is C17H21N3O4. The number of aromatic amines is 1. The van der Waals surface area contributed by atoms with E-state index in [4.69, 9.17) is 9.47 Å². The molecule has 7 nitrogen and oxygen atoms in total. The Morgan fingerprint density at radius 3 is 2.83 bits per heavy atom. The van der Waals surface area contributed by atoms with Gasteiger partial charge >= 0.3 is 5.97 Å². The fraction of sp³-hybridized carbons (Fsp3) is 0.412. The molecule has 0 radical (unpaired) electrons. The number of hydrogen-bond donors (Lipinski definition) is 2. The zero-order valence-electron chi connectivity index (χ0n) is 13.7. The van der Waals surface area contributed by atoms with Crippen LogP contribution in [0, 0.1) is 5.92 Å². The maximum Gasteiger partial charge on any atom is 0.308 e. The van der Waals surface area contributed by atoms with Crippen LogP contribution < -0.4 is 9.47 Å². The van der Waals surface area contributed by atoms with Gasteiger partial charge in [0.05, 0.1) is 26.5 Å². The summed E-state index contributed by atoms with van der Waals surface area (Å²) in [4.78, 5) is 21.0. The van der Waals surface area contributed by atoms with E-state index in [1.807, 2.05) is 18.2 Å². The van der Waals surface area contributed by atoms with E-state index in [2.05, 4.69) is 14.9 Å². The first kappa shape index (κ1) is 16.3. The summed E-state index contributed by atoms with van der Waals surface area (Å²) in [6, 6.07) is 5.60. The van der Waals surface area contributed by atoms with E-state index in [0.717, 1.165) is 11.3 Å². The fourth-order valence-corrected chi connectivity index (χ4v) is 3.40. The summed E-state index contributed by atoms with van der Waals surface area (Å²) < 4.78 is 10.8. The number of carboxylic acids is 1. The molecule has 7 heteroatoms. The summed E-state index contributed by atoms with van der Waals surface area (Å²) in [5.41, 5.74) is 1.84. The molecule has 0 bridgehead atoms. The third kappa shape index (κ3) is 3.07. The third-order valence-corrected chi connectivity index (χ3v) is 4.49. The molecule has 1 aliphatic rings. The lowest BCUT2D eigenvalue weighted by molar-refractivity contribution is -0.141. The highest BCUT2D eigenvalue weighted by Crippen LogP contribution is 2.42. The van der Waals surface area contributed by atoms with Crippen molar-refractivity contribution in [1.82, 2.24) is 14.9 Å². The summed E-state index contributed by atoms with van der Waals surface area (Å²) in [6.45, 7) is 1.77. The van der Waals surface area contributed by atoms with Gasteiger partial charge in [-0.1, -0.05) is 12.1 Å². The summed E-state index contributed by atoms with van der Waals surface area (Å²) >= 11 is 0. The Hall–Kier alpha value is -2.54. The number of ether oxygens (including phenoxy) is 2. The van der Waals surface area contributed by atoms with Gasteiger partial charge in [-0.05, 0) is 6.07 Å². The van der Waals surface area contributed by atoms with Crippen LogP contribution in [0.2, 0.25) is 0 Å². The number of aromatic nitrogens is 2. The molecule has 1 aromatic heterocycles. The average Bonchev–Trinajstić information content (AvgIpc) is 3.24. The topological polar surface area (TPSA) is 87.7 Å². The first-order chi connectivity index (χ1) is 11.6. The Labute approximate surface area is 140 Å². The van der Waals surface area contributed by atoms with Gasteiger partial charge in [-0.3, -0.25) is 9.69 Å². The number of carbonyl (C=O) groups is 1. The first-order valence-electron chi connectivity index (χ1n) is 7.77. The van der Waals surface area contributed by atoms with E-state index >= 15 is 0 Å². The predicted molar refractivity (Wildman–Crippen MR) is 87.3 cm³/mol. The molecule has 1 fully saturated rings. The molecule has 2 atom stereocenters. The molecule has 1 saturated heterocycles. The number of benzene rings is 1. The molecule has 0 amide bonds. The summed E-state index contributed by atoms with van der Waals surface area (Å²) in [5, 5.41) is 9.66. The number of para-hydroxylation sites is 1. The Morgan fingerprint density at radius 2 is 2.21 bits per heavy atom. The van der Waals surface area contributed by atoms with Crippen LogP contribution >= 0.6 is 0 Å². The minimum Gasteiger partial charge on any atom is -0.493 e. The zero-order chi connectivity index (χ0) is 17.1. The van der Waals surface area contributed by atoms with Crippen molar-refractivity contribution >= 4 is 5.97 Å². The van der Waals surface area contributed by atoms with E-state index in [9.17, 15) is 9.90 Å². The monoisotopic (exact) mass is 331 g/mol. The van der Waals surface area contributed by atoms with Crippen LogP contribution in [0.5, 0.6) is 11.5 Å². The summed E-state index contributed by atoms with van der Waals surface area (Å²) in [7, 11) is 3.16. The quantitative estimate of drug-likeness (QED) is 0.838. The highest BCUT2D eigenvalue weighted by molar-refractivity contribution is 5.73. The fourth-order valence-electron chi connectivity index (χ4n) is 3.40. The largest absolute Gasteiger partial charge is 0.493 e. The van der Waals surface area contributed by atoms with Crippen molar-refractivity contribution in [3.63, 3.8) is 0 Å². The number of rotatable bonds is 6. The maximum absolute atomic E-state index is 11.8. The van der Waals surface area contributed by atoms with E-state index in [-0.39, 0.29) is 5.92 Å². The minimum atomic E-state index is -0.794. The molecule has 0 spiro atoms.